The van der Waals surface area contributed by atoms with Crippen molar-refractivity contribution in [3.63, 3.8) is 0 Å². The number of rotatable bonds is 3. The molecular formula is C18H27N3O4. The highest BCUT2D eigenvalue weighted by atomic mass is 16.5. The van der Waals surface area contributed by atoms with Gasteiger partial charge in [-0.15, -0.1) is 0 Å². The molecule has 1 unspecified atom stereocenters. The van der Waals surface area contributed by atoms with Crippen molar-refractivity contribution in [2.24, 2.45) is 5.92 Å². The summed E-state index contributed by atoms with van der Waals surface area (Å²) in [6.07, 6.45) is 3.25. The maximum absolute atomic E-state index is 12.5. The van der Waals surface area contributed by atoms with Crippen LogP contribution in [0, 0.1) is 5.92 Å². The number of carboxylic acid groups (broad SMARTS) is 1. The lowest BCUT2D eigenvalue weighted by Crippen LogP contribution is -2.53. The molecule has 2 saturated heterocycles. The minimum atomic E-state index is -1.08. The van der Waals surface area contributed by atoms with Crippen molar-refractivity contribution in [3.05, 3.63) is 18.0 Å². The van der Waals surface area contributed by atoms with Gasteiger partial charge in [0, 0.05) is 44.1 Å². The Morgan fingerprint density at radius 3 is 2.48 bits per heavy atom. The summed E-state index contributed by atoms with van der Waals surface area (Å²) in [6, 6.07) is 1.89. The van der Waals surface area contributed by atoms with Gasteiger partial charge in [-0.1, -0.05) is 20.8 Å². The predicted octanol–water partition coefficient (Wildman–Crippen LogP) is 1.62. The smallest absolute Gasteiger partial charge is 0.331 e. The van der Waals surface area contributed by atoms with Gasteiger partial charge in [-0.25, -0.2) is 4.79 Å². The van der Waals surface area contributed by atoms with Gasteiger partial charge >= 0.3 is 5.97 Å². The number of carboxylic acids is 1. The Balaban J connectivity index is 1.76. The van der Waals surface area contributed by atoms with E-state index in [4.69, 9.17) is 4.74 Å². The SMILES string of the molecule is CC(C)(C)c1ccn(C2(C(=O)O)CCN(C(=O)C3CCOC3)CC2)n1. The number of hydrogen-bond donors (Lipinski definition) is 1. The van der Waals surface area contributed by atoms with Gasteiger partial charge in [0.25, 0.3) is 0 Å². The molecule has 7 nitrogen and oxygen atoms in total. The fourth-order valence-corrected chi connectivity index (χ4v) is 3.59. The first-order valence-electron chi connectivity index (χ1n) is 8.90. The van der Waals surface area contributed by atoms with Gasteiger partial charge in [0.2, 0.25) is 5.91 Å². The summed E-state index contributed by atoms with van der Waals surface area (Å²) >= 11 is 0. The molecule has 1 aromatic heterocycles. The molecule has 0 saturated carbocycles. The molecule has 138 valence electrons. The number of likely N-dealkylation sites (tertiary alicyclic amines) is 1. The van der Waals surface area contributed by atoms with E-state index in [0.717, 1.165) is 12.1 Å². The van der Waals surface area contributed by atoms with Crippen molar-refractivity contribution in [1.29, 1.82) is 0 Å². The monoisotopic (exact) mass is 349 g/mol. The van der Waals surface area contributed by atoms with Crippen LogP contribution in [0.5, 0.6) is 0 Å². The van der Waals surface area contributed by atoms with E-state index in [-0.39, 0.29) is 17.2 Å². The van der Waals surface area contributed by atoms with Gasteiger partial charge in [-0.2, -0.15) is 5.10 Å². The first kappa shape index (κ1) is 17.9. The first-order chi connectivity index (χ1) is 11.7. The number of ether oxygens (including phenoxy) is 1. The highest BCUT2D eigenvalue weighted by molar-refractivity contribution is 5.81. The predicted molar refractivity (Wildman–Crippen MR) is 91.3 cm³/mol. The minimum Gasteiger partial charge on any atom is -0.479 e. The zero-order valence-electron chi connectivity index (χ0n) is 15.2. The molecular weight excluding hydrogens is 322 g/mol. The Hall–Kier alpha value is -1.89. The first-order valence-corrected chi connectivity index (χ1v) is 8.90. The molecule has 0 spiro atoms. The van der Waals surface area contributed by atoms with E-state index in [2.05, 4.69) is 25.9 Å². The van der Waals surface area contributed by atoms with Crippen molar-refractivity contribution in [2.45, 2.75) is 51.0 Å². The summed E-state index contributed by atoms with van der Waals surface area (Å²) in [5.41, 5.74) is -0.342. The Labute approximate surface area is 147 Å². The molecule has 3 rings (SSSR count). The van der Waals surface area contributed by atoms with Crippen LogP contribution in [0.1, 0.15) is 45.7 Å². The molecule has 2 fully saturated rings. The van der Waals surface area contributed by atoms with Crippen LogP contribution in [0.4, 0.5) is 0 Å². The van der Waals surface area contributed by atoms with E-state index in [1.165, 1.54) is 0 Å². The maximum Gasteiger partial charge on any atom is 0.331 e. The van der Waals surface area contributed by atoms with Crippen LogP contribution >= 0.6 is 0 Å². The number of hydrogen-bond acceptors (Lipinski definition) is 4. The molecule has 1 aromatic rings. The summed E-state index contributed by atoms with van der Waals surface area (Å²) in [5.74, 6) is -0.866. The van der Waals surface area contributed by atoms with E-state index in [1.54, 1.807) is 15.8 Å². The fourth-order valence-electron chi connectivity index (χ4n) is 3.59. The van der Waals surface area contributed by atoms with Crippen LogP contribution in [0.15, 0.2) is 12.3 Å². The highest BCUT2D eigenvalue weighted by Crippen LogP contribution is 2.33. The Morgan fingerprint density at radius 2 is 2.00 bits per heavy atom. The summed E-state index contributed by atoms with van der Waals surface area (Å²) in [7, 11) is 0. The minimum absolute atomic E-state index is 0.0745. The third kappa shape index (κ3) is 3.29. The molecule has 1 N–H and O–H groups in total. The zero-order chi connectivity index (χ0) is 18.2. The zero-order valence-corrected chi connectivity index (χ0v) is 15.2. The van der Waals surface area contributed by atoms with E-state index in [9.17, 15) is 14.7 Å². The number of carbonyl (C=O) groups excluding carboxylic acids is 1. The molecule has 2 aliphatic heterocycles. The van der Waals surface area contributed by atoms with Crippen LogP contribution < -0.4 is 0 Å². The molecule has 25 heavy (non-hydrogen) atoms. The molecule has 2 aliphatic rings. The van der Waals surface area contributed by atoms with Crippen molar-refractivity contribution in [1.82, 2.24) is 14.7 Å². The van der Waals surface area contributed by atoms with Crippen LogP contribution in [0.25, 0.3) is 0 Å². The average molecular weight is 349 g/mol. The summed E-state index contributed by atoms with van der Waals surface area (Å²) in [5, 5.41) is 14.5. The third-order valence-electron chi connectivity index (χ3n) is 5.38. The van der Waals surface area contributed by atoms with Gasteiger partial charge in [-0.05, 0) is 12.5 Å². The second-order valence-corrected chi connectivity index (χ2v) is 8.12. The second-order valence-electron chi connectivity index (χ2n) is 8.12. The number of nitrogens with zero attached hydrogens (tertiary/aromatic N) is 3. The summed E-state index contributed by atoms with van der Waals surface area (Å²) in [4.78, 5) is 26.4. The standard InChI is InChI=1S/C18H27N3O4/c1-17(2,3)14-4-8-21(19-14)18(16(23)24)6-9-20(10-7-18)15(22)13-5-11-25-12-13/h4,8,13H,5-7,9-12H2,1-3H3,(H,23,24). The molecule has 0 aliphatic carbocycles. The maximum atomic E-state index is 12.5. The highest BCUT2D eigenvalue weighted by Gasteiger charge is 2.46. The van der Waals surface area contributed by atoms with Gasteiger partial charge < -0.3 is 14.7 Å². The molecule has 7 heteroatoms. The second kappa shape index (κ2) is 6.44. The van der Waals surface area contributed by atoms with E-state index >= 15 is 0 Å². The topological polar surface area (TPSA) is 84.7 Å². The number of amides is 1. The Morgan fingerprint density at radius 1 is 1.32 bits per heavy atom. The van der Waals surface area contributed by atoms with E-state index in [0.29, 0.717) is 39.1 Å². The lowest BCUT2D eigenvalue weighted by atomic mass is 9.87. The van der Waals surface area contributed by atoms with Crippen LogP contribution in [0.2, 0.25) is 0 Å². The lowest BCUT2D eigenvalue weighted by molar-refractivity contribution is -0.154. The molecule has 0 radical (unpaired) electrons. The largest absolute Gasteiger partial charge is 0.479 e. The summed E-state index contributed by atoms with van der Waals surface area (Å²) in [6.45, 7) is 8.15. The molecule has 1 atom stereocenters. The number of piperidine rings is 1. The Bertz CT molecular complexity index is 648. The van der Waals surface area contributed by atoms with Crippen molar-refractivity contribution >= 4 is 11.9 Å². The fraction of sp³-hybridized carbons (Fsp3) is 0.722. The Kier molecular flexibility index (Phi) is 4.62. The molecule has 0 bridgehead atoms. The van der Waals surface area contributed by atoms with Crippen LogP contribution in [-0.4, -0.2) is 58.0 Å². The quantitative estimate of drug-likeness (QED) is 0.896. The van der Waals surface area contributed by atoms with Crippen LogP contribution in [0.3, 0.4) is 0 Å². The van der Waals surface area contributed by atoms with Gasteiger partial charge in [0.15, 0.2) is 5.54 Å². The number of carbonyl (C=O) groups is 2. The van der Waals surface area contributed by atoms with Crippen molar-refractivity contribution < 1.29 is 19.4 Å². The summed E-state index contributed by atoms with van der Waals surface area (Å²) < 4.78 is 6.89. The van der Waals surface area contributed by atoms with Gasteiger partial charge in [0.05, 0.1) is 18.2 Å². The van der Waals surface area contributed by atoms with Crippen LogP contribution in [-0.2, 0) is 25.3 Å². The molecule has 3 heterocycles. The lowest BCUT2D eigenvalue weighted by Gasteiger charge is -2.39. The normalized spacial score (nSPS) is 23.6. The van der Waals surface area contributed by atoms with Crippen molar-refractivity contribution in [2.75, 3.05) is 26.3 Å². The van der Waals surface area contributed by atoms with E-state index in [1.807, 2.05) is 6.07 Å². The number of aliphatic carboxylic acids is 1. The van der Waals surface area contributed by atoms with E-state index < -0.39 is 11.5 Å². The third-order valence-corrected chi connectivity index (χ3v) is 5.38. The van der Waals surface area contributed by atoms with Gasteiger partial charge in [0.1, 0.15) is 0 Å². The molecule has 1 amide bonds. The van der Waals surface area contributed by atoms with Crippen molar-refractivity contribution in [3.8, 4) is 0 Å². The molecule has 0 aromatic carbocycles. The average Bonchev–Trinajstić information content (AvgIpc) is 3.25. The van der Waals surface area contributed by atoms with Gasteiger partial charge in [-0.3, -0.25) is 9.48 Å². The number of aromatic nitrogens is 2.